The Kier molecular flexibility index (Phi) is 6.26. The fraction of sp³-hybridized carbons (Fsp3) is 0.867. The molecule has 0 unspecified atom stereocenters. The maximum Gasteiger partial charge on any atom is 0.338 e. The first-order valence-electron chi connectivity index (χ1n) is 7.19. The van der Waals surface area contributed by atoms with Crippen molar-refractivity contribution in [2.24, 2.45) is 0 Å². The van der Waals surface area contributed by atoms with Crippen LogP contribution in [0.2, 0.25) is 0 Å². The van der Waals surface area contributed by atoms with Crippen molar-refractivity contribution in [2.45, 2.75) is 63.1 Å². The van der Waals surface area contributed by atoms with E-state index in [0.29, 0.717) is 0 Å². The lowest BCUT2D eigenvalue weighted by atomic mass is 10.0. The summed E-state index contributed by atoms with van der Waals surface area (Å²) < 4.78 is 26.7. The van der Waals surface area contributed by atoms with Gasteiger partial charge in [-0.25, -0.2) is 4.79 Å². The predicted molar refractivity (Wildman–Crippen MR) is 84.9 cm³/mol. The highest BCUT2D eigenvalue weighted by atomic mass is 32.2. The summed E-state index contributed by atoms with van der Waals surface area (Å²) in [7, 11) is 4.04. The molecule has 0 bridgehead atoms. The van der Waals surface area contributed by atoms with Crippen LogP contribution in [-0.4, -0.2) is 60.9 Å². The van der Waals surface area contributed by atoms with Crippen molar-refractivity contribution in [1.29, 1.82) is 0 Å². The molecule has 23 heavy (non-hydrogen) atoms. The molecule has 0 aromatic heterocycles. The first kappa shape index (κ1) is 20.4. The van der Waals surface area contributed by atoms with Crippen LogP contribution < -0.4 is 0 Å². The second kappa shape index (κ2) is 7.06. The third-order valence-electron chi connectivity index (χ3n) is 3.66. The second-order valence-electron chi connectivity index (χ2n) is 6.43. The quantitative estimate of drug-likeness (QED) is 0.709. The van der Waals surface area contributed by atoms with Crippen molar-refractivity contribution in [3.05, 3.63) is 0 Å². The van der Waals surface area contributed by atoms with Crippen LogP contribution in [0.25, 0.3) is 0 Å². The first-order valence-corrected chi connectivity index (χ1v) is 8.01. The molecule has 0 saturated carbocycles. The van der Waals surface area contributed by atoms with Gasteiger partial charge in [0.2, 0.25) is 16.7 Å². The van der Waals surface area contributed by atoms with Crippen molar-refractivity contribution >= 4 is 22.8 Å². The summed E-state index contributed by atoms with van der Waals surface area (Å²) in [6.07, 6.45) is -2.41. The Balaban J connectivity index is 3.20. The van der Waals surface area contributed by atoms with Crippen LogP contribution in [0.15, 0.2) is 0 Å². The van der Waals surface area contributed by atoms with E-state index >= 15 is 0 Å². The van der Waals surface area contributed by atoms with E-state index in [0.717, 1.165) is 11.8 Å². The van der Waals surface area contributed by atoms with Crippen molar-refractivity contribution in [3.8, 4) is 0 Å². The normalized spacial score (nSPS) is 35.0. The third-order valence-corrected chi connectivity index (χ3v) is 4.70. The Morgan fingerprint density at radius 1 is 0.957 bits per heavy atom. The number of methoxy groups -OCH3 is 3. The third kappa shape index (κ3) is 4.24. The molecule has 134 valence electrons. The van der Waals surface area contributed by atoms with Gasteiger partial charge in [0.1, 0.15) is 0 Å². The Bertz CT molecular complexity index is 461. The smallest absolute Gasteiger partial charge is 0.338 e. The van der Waals surface area contributed by atoms with Crippen LogP contribution >= 0.6 is 11.8 Å². The van der Waals surface area contributed by atoms with E-state index in [4.69, 9.17) is 23.7 Å². The van der Waals surface area contributed by atoms with Gasteiger partial charge in [-0.2, -0.15) is 0 Å². The van der Waals surface area contributed by atoms with Crippen molar-refractivity contribution < 1.29 is 33.3 Å². The van der Waals surface area contributed by atoms with Crippen molar-refractivity contribution in [1.82, 2.24) is 0 Å². The summed E-state index contributed by atoms with van der Waals surface area (Å²) in [5.41, 5.74) is 0. The highest BCUT2D eigenvalue weighted by molar-refractivity contribution is 8.14. The molecule has 8 heteroatoms. The number of thioether (sulfide) groups is 1. The van der Waals surface area contributed by atoms with E-state index in [1.807, 2.05) is 20.8 Å². The van der Waals surface area contributed by atoms with Gasteiger partial charge in [0.25, 0.3) is 0 Å². The minimum absolute atomic E-state index is 0.339. The van der Waals surface area contributed by atoms with E-state index in [1.54, 1.807) is 13.8 Å². The molecule has 1 rings (SSSR count). The Labute approximate surface area is 141 Å². The largest absolute Gasteiger partial charge is 0.467 e. The van der Waals surface area contributed by atoms with Gasteiger partial charge in [-0.05, 0) is 13.8 Å². The maximum atomic E-state index is 12.6. The molecule has 7 nitrogen and oxygen atoms in total. The lowest BCUT2D eigenvalue weighted by molar-refractivity contribution is -0.437. The zero-order chi connectivity index (χ0) is 18.1. The molecule has 0 amide bonds. The number of carbonyl (C=O) groups is 2. The molecule has 1 fully saturated rings. The predicted octanol–water partition coefficient (Wildman–Crippen LogP) is 1.73. The molecule has 4 atom stereocenters. The zero-order valence-electron chi connectivity index (χ0n) is 14.9. The van der Waals surface area contributed by atoms with E-state index in [2.05, 4.69) is 0 Å². The lowest BCUT2D eigenvalue weighted by Gasteiger charge is -2.50. The van der Waals surface area contributed by atoms with E-state index in [-0.39, 0.29) is 9.86 Å². The Morgan fingerprint density at radius 2 is 1.39 bits per heavy atom. The number of hydrogen-bond acceptors (Lipinski definition) is 8. The topological polar surface area (TPSA) is 80.3 Å². The van der Waals surface area contributed by atoms with Gasteiger partial charge in [0.15, 0.2) is 12.2 Å². The molecule has 0 aromatic carbocycles. The van der Waals surface area contributed by atoms with Crippen LogP contribution in [0.5, 0.6) is 0 Å². The molecule has 0 aromatic rings. The number of esters is 1. The van der Waals surface area contributed by atoms with Crippen LogP contribution in [-0.2, 0) is 33.3 Å². The zero-order valence-corrected chi connectivity index (χ0v) is 15.7. The monoisotopic (exact) mass is 350 g/mol. The van der Waals surface area contributed by atoms with Gasteiger partial charge in [0.05, 0.1) is 7.11 Å². The van der Waals surface area contributed by atoms with Gasteiger partial charge >= 0.3 is 5.97 Å². The van der Waals surface area contributed by atoms with Gasteiger partial charge in [-0.15, -0.1) is 0 Å². The van der Waals surface area contributed by atoms with Gasteiger partial charge in [-0.3, -0.25) is 4.79 Å². The molecular formula is C15H26O7S. The van der Waals surface area contributed by atoms with E-state index < -0.39 is 29.8 Å². The summed E-state index contributed by atoms with van der Waals surface area (Å²) in [5.74, 6) is -3.46. The number of hydrogen-bond donors (Lipinski definition) is 0. The van der Waals surface area contributed by atoms with Crippen molar-refractivity contribution in [3.63, 3.8) is 0 Å². The molecular weight excluding hydrogens is 324 g/mol. The first-order chi connectivity index (χ1) is 10.4. The fourth-order valence-electron chi connectivity index (χ4n) is 2.11. The highest BCUT2D eigenvalue weighted by Crippen LogP contribution is 2.41. The van der Waals surface area contributed by atoms with Crippen LogP contribution in [0, 0.1) is 0 Å². The summed E-state index contributed by atoms with van der Waals surface area (Å²) in [4.78, 5) is 24.7. The molecule has 0 radical (unpaired) electrons. The standard InChI is InChI=1S/C15H26O7S/c1-13(2,3)23-12(17)10-9(11(16)18-6)21-14(4,19-7)15(5,20-8)22-10/h9-10H,1-8H3/t9-,10+,14+,15+/m0/s1. The van der Waals surface area contributed by atoms with Crippen molar-refractivity contribution in [2.75, 3.05) is 21.3 Å². The summed E-state index contributed by atoms with van der Waals surface area (Å²) in [5, 5.41) is -0.339. The molecule has 1 aliphatic heterocycles. The average molecular weight is 350 g/mol. The molecule has 0 aliphatic carbocycles. The number of carbonyl (C=O) groups excluding carboxylic acids is 2. The highest BCUT2D eigenvalue weighted by Gasteiger charge is 2.60. The van der Waals surface area contributed by atoms with Crippen LogP contribution in [0.1, 0.15) is 34.6 Å². The number of rotatable bonds is 4. The van der Waals surface area contributed by atoms with Crippen LogP contribution in [0.3, 0.4) is 0 Å². The Morgan fingerprint density at radius 3 is 1.74 bits per heavy atom. The van der Waals surface area contributed by atoms with E-state index in [9.17, 15) is 9.59 Å². The maximum absolute atomic E-state index is 12.6. The molecule has 0 N–H and O–H groups in total. The minimum atomic E-state index is -1.39. The molecule has 1 aliphatic rings. The summed E-state index contributed by atoms with van der Waals surface area (Å²) >= 11 is 1.07. The Hall–Kier alpha value is -0.670. The second-order valence-corrected chi connectivity index (χ2v) is 8.26. The molecule has 0 spiro atoms. The van der Waals surface area contributed by atoms with Gasteiger partial charge < -0.3 is 23.7 Å². The fourth-order valence-corrected chi connectivity index (χ4v) is 3.00. The summed E-state index contributed by atoms with van der Waals surface area (Å²) in [6, 6.07) is 0. The minimum Gasteiger partial charge on any atom is -0.467 e. The van der Waals surface area contributed by atoms with Gasteiger partial charge in [-0.1, -0.05) is 32.5 Å². The van der Waals surface area contributed by atoms with Gasteiger partial charge in [0, 0.05) is 19.0 Å². The summed E-state index contributed by atoms with van der Waals surface area (Å²) in [6.45, 7) is 8.83. The van der Waals surface area contributed by atoms with E-state index in [1.165, 1.54) is 21.3 Å². The lowest BCUT2D eigenvalue weighted by Crippen LogP contribution is -2.67. The average Bonchev–Trinajstić information content (AvgIpc) is 2.46. The van der Waals surface area contributed by atoms with Crippen LogP contribution in [0.4, 0.5) is 0 Å². The molecule has 1 saturated heterocycles. The number of ether oxygens (including phenoxy) is 5. The SMILES string of the molecule is COC(=O)[C@H]1O[C@@](C)(OC)[C@](C)(OC)O[C@H]1C(=O)SC(C)(C)C. The molecule has 1 heterocycles.